The van der Waals surface area contributed by atoms with Crippen molar-refractivity contribution in [1.82, 2.24) is 14.9 Å². The molecule has 34 heavy (non-hydrogen) atoms. The number of nitrogens with one attached hydrogen (secondary N) is 2. The van der Waals surface area contributed by atoms with Crippen molar-refractivity contribution in [2.24, 2.45) is 0 Å². The summed E-state index contributed by atoms with van der Waals surface area (Å²) in [6.07, 6.45) is 8.35. The summed E-state index contributed by atoms with van der Waals surface area (Å²) in [5, 5.41) is 12.0. The number of morpholine rings is 1. The second-order valence-corrected chi connectivity index (χ2v) is 9.41. The Balaban J connectivity index is 0.000000257. The fourth-order valence-electron chi connectivity index (χ4n) is 4.21. The number of aromatic nitrogens is 2. The van der Waals surface area contributed by atoms with Crippen LogP contribution in [0.5, 0.6) is 5.75 Å². The first-order valence-electron chi connectivity index (χ1n) is 11.3. The Kier molecular flexibility index (Phi) is 7.59. The minimum absolute atomic E-state index is 0.260. The highest BCUT2D eigenvalue weighted by molar-refractivity contribution is 7.19. The van der Waals surface area contributed by atoms with Gasteiger partial charge < -0.3 is 30.8 Å². The van der Waals surface area contributed by atoms with E-state index in [0.29, 0.717) is 30.2 Å². The number of nitrogen functional groups attached to an aromatic ring is 1. The number of ether oxygens (including phenoxy) is 2. The zero-order valence-corrected chi connectivity index (χ0v) is 20.3. The van der Waals surface area contributed by atoms with E-state index in [0.717, 1.165) is 47.5 Å². The molecule has 0 saturated carbocycles. The van der Waals surface area contributed by atoms with Crippen LogP contribution in [0.4, 0.5) is 17.2 Å². The van der Waals surface area contributed by atoms with Crippen molar-refractivity contribution >= 4 is 51.4 Å². The largest absolute Gasteiger partial charge is 0.494 e. The topological polar surface area (TPSA) is 126 Å². The zero-order valence-electron chi connectivity index (χ0n) is 19.5. The summed E-state index contributed by atoms with van der Waals surface area (Å²) in [5.74, 6) is 1.40. The van der Waals surface area contributed by atoms with Crippen LogP contribution in [0.25, 0.3) is 10.2 Å². The van der Waals surface area contributed by atoms with E-state index in [2.05, 4.69) is 15.3 Å². The number of carbonyl (C=O) groups is 1. The molecule has 0 bridgehead atoms. The molecular weight excluding hydrogens is 452 g/mol. The van der Waals surface area contributed by atoms with Crippen LogP contribution in [-0.4, -0.2) is 60.4 Å². The number of aryl methyl sites for hydroxylation is 2. The maximum Gasteiger partial charge on any atom is 0.210 e. The molecule has 0 radical (unpaired) electrons. The summed E-state index contributed by atoms with van der Waals surface area (Å²) in [6, 6.07) is 3.80. The van der Waals surface area contributed by atoms with Gasteiger partial charge in [0.25, 0.3) is 0 Å². The van der Waals surface area contributed by atoms with Crippen LogP contribution in [0, 0.1) is 5.41 Å². The summed E-state index contributed by atoms with van der Waals surface area (Å²) >= 11 is 1.77. The van der Waals surface area contributed by atoms with E-state index in [1.54, 1.807) is 35.7 Å². The fraction of sp³-hybridized carbons (Fsp3) is 0.417. The predicted molar refractivity (Wildman–Crippen MR) is 136 cm³/mol. The molecular formula is C24H30N6O3S. The highest BCUT2D eigenvalue weighted by atomic mass is 32.1. The van der Waals surface area contributed by atoms with Gasteiger partial charge in [-0.1, -0.05) is 0 Å². The first-order valence-corrected chi connectivity index (χ1v) is 12.2. The Labute approximate surface area is 202 Å². The SMILES string of the molecule is CC1COCCN1C=O.COc1cc(N)c(C=N)cc1Nc1ncnc2sc3c(c12)CCCC3. The van der Waals surface area contributed by atoms with Crippen molar-refractivity contribution in [2.75, 3.05) is 37.9 Å². The van der Waals surface area contributed by atoms with Gasteiger partial charge in [0.2, 0.25) is 6.41 Å². The highest BCUT2D eigenvalue weighted by Crippen LogP contribution is 2.40. The van der Waals surface area contributed by atoms with E-state index >= 15 is 0 Å². The molecule has 3 heterocycles. The van der Waals surface area contributed by atoms with Crippen molar-refractivity contribution in [3.63, 3.8) is 0 Å². The van der Waals surface area contributed by atoms with Gasteiger partial charge in [-0.3, -0.25) is 4.79 Å². The molecule has 2 aliphatic rings. The number of hydrogen-bond donors (Lipinski definition) is 3. The average Bonchev–Trinajstić information content (AvgIpc) is 3.25. The molecule has 1 aliphatic heterocycles. The van der Waals surface area contributed by atoms with Crippen molar-refractivity contribution in [1.29, 1.82) is 5.41 Å². The van der Waals surface area contributed by atoms with Gasteiger partial charge in [0, 0.05) is 35.0 Å². The normalized spacial score (nSPS) is 17.4. The first kappa shape index (κ1) is 23.9. The van der Waals surface area contributed by atoms with Gasteiger partial charge in [-0.25, -0.2) is 9.97 Å². The molecule has 180 valence electrons. The van der Waals surface area contributed by atoms with Crippen molar-refractivity contribution in [3.8, 4) is 5.75 Å². The molecule has 1 aliphatic carbocycles. The fourth-order valence-corrected chi connectivity index (χ4v) is 5.44. The van der Waals surface area contributed by atoms with Crippen LogP contribution in [0.1, 0.15) is 35.8 Å². The smallest absolute Gasteiger partial charge is 0.210 e. The molecule has 1 aromatic carbocycles. The molecule has 4 N–H and O–H groups in total. The van der Waals surface area contributed by atoms with Gasteiger partial charge in [0.05, 0.1) is 37.4 Å². The Hall–Kier alpha value is -3.24. The Morgan fingerprint density at radius 2 is 2.15 bits per heavy atom. The molecule has 5 rings (SSSR count). The number of thiophene rings is 1. The maximum atomic E-state index is 10.2. The number of amides is 1. The number of fused-ring (bicyclic) bond motifs is 3. The van der Waals surface area contributed by atoms with Crippen LogP contribution >= 0.6 is 11.3 Å². The van der Waals surface area contributed by atoms with E-state index < -0.39 is 0 Å². The van der Waals surface area contributed by atoms with Gasteiger partial charge in [0.15, 0.2) is 0 Å². The van der Waals surface area contributed by atoms with Crippen LogP contribution in [0.2, 0.25) is 0 Å². The third kappa shape index (κ3) is 4.97. The van der Waals surface area contributed by atoms with Crippen LogP contribution < -0.4 is 15.8 Å². The van der Waals surface area contributed by atoms with E-state index in [1.165, 1.54) is 29.5 Å². The van der Waals surface area contributed by atoms with Gasteiger partial charge in [-0.2, -0.15) is 0 Å². The lowest BCUT2D eigenvalue weighted by atomic mass is 9.97. The molecule has 1 unspecified atom stereocenters. The zero-order chi connectivity index (χ0) is 24.1. The second-order valence-electron chi connectivity index (χ2n) is 8.33. The summed E-state index contributed by atoms with van der Waals surface area (Å²) in [6.45, 7) is 4.08. The Morgan fingerprint density at radius 1 is 1.32 bits per heavy atom. The van der Waals surface area contributed by atoms with Crippen molar-refractivity contribution < 1.29 is 14.3 Å². The molecule has 9 nitrogen and oxygen atoms in total. The van der Waals surface area contributed by atoms with Gasteiger partial charge in [0.1, 0.15) is 22.7 Å². The standard InChI is InChI=1S/C18H19N5OS.C6H11NO2/c1-24-14-7-12(20)10(8-19)6-13(14)23-17-16-11-4-2-3-5-15(11)25-18(16)22-9-21-17;1-6-4-9-3-2-7(6)5-8/h6-9,19H,2-5,20H2,1H3,(H,21,22,23);5-6H,2-4H2,1H3. The number of nitrogens with two attached hydrogens (primary N) is 1. The molecule has 3 aromatic rings. The van der Waals surface area contributed by atoms with E-state index in [-0.39, 0.29) is 6.04 Å². The molecule has 1 saturated heterocycles. The van der Waals surface area contributed by atoms with Crippen molar-refractivity contribution in [3.05, 3.63) is 34.5 Å². The first-order chi connectivity index (χ1) is 16.5. The minimum Gasteiger partial charge on any atom is -0.494 e. The summed E-state index contributed by atoms with van der Waals surface area (Å²) in [4.78, 5) is 23.4. The molecule has 1 amide bonds. The van der Waals surface area contributed by atoms with E-state index in [9.17, 15) is 4.79 Å². The number of carbonyl (C=O) groups excluding carboxylic acids is 1. The Bertz CT molecular complexity index is 1180. The summed E-state index contributed by atoms with van der Waals surface area (Å²) in [7, 11) is 1.60. The average molecular weight is 483 g/mol. The lowest BCUT2D eigenvalue weighted by molar-refractivity contribution is -0.125. The molecule has 1 fully saturated rings. The Morgan fingerprint density at radius 3 is 2.85 bits per heavy atom. The predicted octanol–water partition coefficient (Wildman–Crippen LogP) is 3.77. The monoisotopic (exact) mass is 482 g/mol. The number of hydrogen-bond acceptors (Lipinski definition) is 9. The number of benzene rings is 1. The van der Waals surface area contributed by atoms with E-state index in [4.69, 9.17) is 20.6 Å². The van der Waals surface area contributed by atoms with Crippen LogP contribution in [0.15, 0.2) is 18.5 Å². The quantitative estimate of drug-likeness (QED) is 0.287. The molecule has 2 aromatic heterocycles. The lowest BCUT2D eigenvalue weighted by Crippen LogP contribution is -2.42. The minimum atomic E-state index is 0.260. The van der Waals surface area contributed by atoms with Gasteiger partial charge >= 0.3 is 0 Å². The van der Waals surface area contributed by atoms with Crippen LogP contribution in [0.3, 0.4) is 0 Å². The van der Waals surface area contributed by atoms with Crippen LogP contribution in [-0.2, 0) is 22.4 Å². The van der Waals surface area contributed by atoms with Gasteiger partial charge in [-0.15, -0.1) is 11.3 Å². The molecule has 10 heteroatoms. The van der Waals surface area contributed by atoms with Gasteiger partial charge in [-0.05, 0) is 44.2 Å². The summed E-state index contributed by atoms with van der Waals surface area (Å²) in [5.41, 5.74) is 9.22. The molecule has 1 atom stereocenters. The number of nitrogens with zero attached hydrogens (tertiary/aromatic N) is 3. The lowest BCUT2D eigenvalue weighted by Gasteiger charge is -2.29. The van der Waals surface area contributed by atoms with Crippen molar-refractivity contribution in [2.45, 2.75) is 38.6 Å². The number of rotatable bonds is 5. The van der Waals surface area contributed by atoms with E-state index in [1.807, 2.05) is 13.0 Å². The molecule has 0 spiro atoms. The highest BCUT2D eigenvalue weighted by Gasteiger charge is 2.21. The second kappa shape index (κ2) is 10.8. The summed E-state index contributed by atoms with van der Waals surface area (Å²) < 4.78 is 10.6. The maximum absolute atomic E-state index is 10.2. The third-order valence-electron chi connectivity index (χ3n) is 6.12. The number of anilines is 3. The number of methoxy groups -OCH3 is 1. The third-order valence-corrected chi connectivity index (χ3v) is 7.32.